The van der Waals surface area contributed by atoms with Crippen molar-refractivity contribution in [2.24, 2.45) is 11.7 Å². The summed E-state index contributed by atoms with van der Waals surface area (Å²) in [6, 6.07) is 8.63. The molecule has 0 spiro atoms. The monoisotopic (exact) mass is 217 g/mol. The van der Waals surface area contributed by atoms with Crippen molar-refractivity contribution < 1.29 is 0 Å². The first kappa shape index (κ1) is 11.0. The van der Waals surface area contributed by atoms with Crippen LogP contribution in [0.25, 0.3) is 0 Å². The highest BCUT2D eigenvalue weighted by molar-refractivity contribution is 5.77. The molecule has 0 heterocycles. The average molecular weight is 217 g/mol. The van der Waals surface area contributed by atoms with Crippen molar-refractivity contribution in [2.75, 3.05) is 12.4 Å². The molecule has 4 N–H and O–H groups in total. The SMILES string of the molecule is CNc1ccc(C2CC(CC(=N)N)C2)cc1. The second kappa shape index (κ2) is 4.56. The van der Waals surface area contributed by atoms with E-state index in [9.17, 15) is 0 Å². The second-order valence-electron chi connectivity index (χ2n) is 4.64. The Morgan fingerprint density at radius 1 is 1.38 bits per heavy atom. The van der Waals surface area contributed by atoms with Crippen LogP contribution in [0.15, 0.2) is 24.3 Å². The van der Waals surface area contributed by atoms with Gasteiger partial charge in [-0.05, 0) is 42.4 Å². The molecule has 16 heavy (non-hydrogen) atoms. The summed E-state index contributed by atoms with van der Waals surface area (Å²) in [4.78, 5) is 0. The molecule has 0 bridgehead atoms. The summed E-state index contributed by atoms with van der Waals surface area (Å²) >= 11 is 0. The second-order valence-corrected chi connectivity index (χ2v) is 4.64. The maximum Gasteiger partial charge on any atom is 0.0908 e. The van der Waals surface area contributed by atoms with Gasteiger partial charge in [0.05, 0.1) is 5.84 Å². The number of amidine groups is 1. The van der Waals surface area contributed by atoms with E-state index in [1.165, 1.54) is 18.4 Å². The Kier molecular flexibility index (Phi) is 3.13. The number of benzene rings is 1. The fourth-order valence-electron chi connectivity index (χ4n) is 2.41. The van der Waals surface area contributed by atoms with E-state index in [0.717, 1.165) is 12.1 Å². The molecule has 0 unspecified atom stereocenters. The molecule has 1 aromatic carbocycles. The Hall–Kier alpha value is -1.51. The van der Waals surface area contributed by atoms with Gasteiger partial charge in [0.1, 0.15) is 0 Å². The van der Waals surface area contributed by atoms with Crippen LogP contribution in [0.2, 0.25) is 0 Å². The Bertz CT molecular complexity index is 363. The maximum atomic E-state index is 7.26. The lowest BCUT2D eigenvalue weighted by molar-refractivity contribution is 0.272. The van der Waals surface area contributed by atoms with Crippen LogP contribution in [0, 0.1) is 11.3 Å². The zero-order chi connectivity index (χ0) is 11.5. The van der Waals surface area contributed by atoms with Crippen molar-refractivity contribution in [3.05, 3.63) is 29.8 Å². The van der Waals surface area contributed by atoms with E-state index in [1.54, 1.807) is 0 Å². The number of rotatable bonds is 4. The standard InChI is InChI=1S/C13H19N3/c1-16-12-4-2-10(3-5-12)11-6-9(7-11)8-13(14)15/h2-5,9,11,16H,6-8H2,1H3,(H3,14,15). The lowest BCUT2D eigenvalue weighted by Crippen LogP contribution is -2.26. The number of hydrogen-bond donors (Lipinski definition) is 3. The predicted molar refractivity (Wildman–Crippen MR) is 68.0 cm³/mol. The van der Waals surface area contributed by atoms with Crippen LogP contribution in [0.4, 0.5) is 5.69 Å². The summed E-state index contributed by atoms with van der Waals surface area (Å²) < 4.78 is 0. The zero-order valence-corrected chi connectivity index (χ0v) is 9.66. The summed E-state index contributed by atoms with van der Waals surface area (Å²) in [6.07, 6.45) is 3.13. The van der Waals surface area contributed by atoms with Crippen LogP contribution < -0.4 is 11.1 Å². The number of anilines is 1. The molecule has 1 saturated carbocycles. The maximum absolute atomic E-state index is 7.26. The molecular weight excluding hydrogens is 198 g/mol. The van der Waals surface area contributed by atoms with Gasteiger partial charge in [-0.2, -0.15) is 0 Å². The first-order valence-corrected chi connectivity index (χ1v) is 5.79. The van der Waals surface area contributed by atoms with Crippen molar-refractivity contribution in [2.45, 2.75) is 25.2 Å². The highest BCUT2D eigenvalue weighted by Gasteiger charge is 2.30. The van der Waals surface area contributed by atoms with E-state index in [2.05, 4.69) is 29.6 Å². The van der Waals surface area contributed by atoms with E-state index in [4.69, 9.17) is 11.1 Å². The third-order valence-electron chi connectivity index (χ3n) is 3.42. The van der Waals surface area contributed by atoms with Crippen LogP contribution in [0.3, 0.4) is 0 Å². The lowest BCUT2D eigenvalue weighted by atomic mass is 9.70. The molecule has 3 nitrogen and oxygen atoms in total. The molecule has 0 saturated heterocycles. The molecule has 1 fully saturated rings. The van der Waals surface area contributed by atoms with Crippen molar-refractivity contribution in [1.82, 2.24) is 0 Å². The van der Waals surface area contributed by atoms with Gasteiger partial charge in [0.25, 0.3) is 0 Å². The highest BCUT2D eigenvalue weighted by atomic mass is 14.8. The van der Waals surface area contributed by atoms with Crippen molar-refractivity contribution in [3.8, 4) is 0 Å². The molecule has 3 heteroatoms. The molecule has 0 aromatic heterocycles. The van der Waals surface area contributed by atoms with Gasteiger partial charge < -0.3 is 11.1 Å². The Balaban J connectivity index is 1.88. The smallest absolute Gasteiger partial charge is 0.0908 e. The number of nitrogens with one attached hydrogen (secondary N) is 2. The summed E-state index contributed by atoms with van der Waals surface area (Å²) in [7, 11) is 1.93. The highest BCUT2D eigenvalue weighted by Crippen LogP contribution is 2.43. The summed E-state index contributed by atoms with van der Waals surface area (Å²) in [5.74, 6) is 1.63. The molecule has 1 aliphatic rings. The third kappa shape index (κ3) is 2.35. The van der Waals surface area contributed by atoms with Crippen molar-refractivity contribution in [3.63, 3.8) is 0 Å². The van der Waals surface area contributed by atoms with Crippen LogP contribution in [0.5, 0.6) is 0 Å². The van der Waals surface area contributed by atoms with Crippen molar-refractivity contribution in [1.29, 1.82) is 5.41 Å². The largest absolute Gasteiger partial charge is 0.388 e. The van der Waals surface area contributed by atoms with Gasteiger partial charge in [0.2, 0.25) is 0 Å². The van der Waals surface area contributed by atoms with E-state index in [0.29, 0.717) is 17.7 Å². The van der Waals surface area contributed by atoms with Crippen LogP contribution in [-0.4, -0.2) is 12.9 Å². The van der Waals surface area contributed by atoms with Gasteiger partial charge in [-0.15, -0.1) is 0 Å². The van der Waals surface area contributed by atoms with Gasteiger partial charge in [0, 0.05) is 19.2 Å². The predicted octanol–water partition coefficient (Wildman–Crippen LogP) is 2.55. The minimum Gasteiger partial charge on any atom is -0.388 e. The molecule has 0 radical (unpaired) electrons. The third-order valence-corrected chi connectivity index (χ3v) is 3.42. The Morgan fingerprint density at radius 3 is 2.50 bits per heavy atom. The molecule has 1 aromatic rings. The van der Waals surface area contributed by atoms with Crippen LogP contribution >= 0.6 is 0 Å². The first-order valence-electron chi connectivity index (χ1n) is 5.79. The van der Waals surface area contributed by atoms with Gasteiger partial charge >= 0.3 is 0 Å². The minimum absolute atomic E-state index is 0.328. The van der Waals surface area contributed by atoms with E-state index in [1.807, 2.05) is 7.05 Å². The molecule has 2 rings (SSSR count). The van der Waals surface area contributed by atoms with Gasteiger partial charge in [-0.25, -0.2) is 0 Å². The lowest BCUT2D eigenvalue weighted by Gasteiger charge is -2.35. The van der Waals surface area contributed by atoms with E-state index < -0.39 is 0 Å². The molecule has 1 aliphatic carbocycles. The first-order chi connectivity index (χ1) is 7.69. The Morgan fingerprint density at radius 2 is 2.00 bits per heavy atom. The molecule has 86 valence electrons. The zero-order valence-electron chi connectivity index (χ0n) is 9.66. The van der Waals surface area contributed by atoms with E-state index >= 15 is 0 Å². The van der Waals surface area contributed by atoms with Gasteiger partial charge in [-0.3, -0.25) is 5.41 Å². The van der Waals surface area contributed by atoms with Crippen LogP contribution in [-0.2, 0) is 0 Å². The topological polar surface area (TPSA) is 61.9 Å². The Labute approximate surface area is 96.6 Å². The molecule has 0 aliphatic heterocycles. The fraction of sp³-hybridized carbons (Fsp3) is 0.462. The van der Waals surface area contributed by atoms with Crippen LogP contribution in [0.1, 0.15) is 30.7 Å². The van der Waals surface area contributed by atoms with E-state index in [-0.39, 0.29) is 0 Å². The van der Waals surface area contributed by atoms with Gasteiger partial charge in [0.15, 0.2) is 0 Å². The normalized spacial score (nSPS) is 23.6. The minimum atomic E-state index is 0.328. The quantitative estimate of drug-likeness (QED) is 0.536. The van der Waals surface area contributed by atoms with Crippen molar-refractivity contribution >= 4 is 11.5 Å². The van der Waals surface area contributed by atoms with Gasteiger partial charge in [-0.1, -0.05) is 12.1 Å². The molecular formula is C13H19N3. The number of hydrogen-bond acceptors (Lipinski definition) is 2. The molecule has 0 amide bonds. The fourth-order valence-corrected chi connectivity index (χ4v) is 2.41. The summed E-state index contributed by atoms with van der Waals surface area (Å²) in [6.45, 7) is 0. The summed E-state index contributed by atoms with van der Waals surface area (Å²) in [5.41, 5.74) is 7.97. The number of nitrogens with two attached hydrogens (primary N) is 1. The summed E-state index contributed by atoms with van der Waals surface area (Å²) in [5, 5.41) is 10.4. The average Bonchev–Trinajstić information content (AvgIpc) is 2.23. The molecule has 0 atom stereocenters.